The summed E-state index contributed by atoms with van der Waals surface area (Å²) in [6.07, 6.45) is 2.27. The Labute approximate surface area is 190 Å². The van der Waals surface area contributed by atoms with E-state index in [-0.39, 0.29) is 11.7 Å². The number of aromatic nitrogens is 3. The van der Waals surface area contributed by atoms with E-state index in [0.717, 1.165) is 35.3 Å². The summed E-state index contributed by atoms with van der Waals surface area (Å²) in [5.41, 5.74) is 1.71. The minimum Gasteiger partial charge on any atom is -0.457 e. The number of carbonyl (C=O) groups is 1. The van der Waals surface area contributed by atoms with Crippen molar-refractivity contribution in [2.24, 2.45) is 0 Å². The molecule has 1 saturated carbocycles. The van der Waals surface area contributed by atoms with Crippen LogP contribution in [0.5, 0.6) is 11.5 Å². The maximum Gasteiger partial charge on any atom is 0.234 e. The Morgan fingerprint density at radius 1 is 0.938 bits per heavy atom. The number of hydrogen-bond acceptors (Lipinski definition) is 5. The molecule has 5 rings (SSSR count). The zero-order chi connectivity index (χ0) is 21.8. The van der Waals surface area contributed by atoms with Gasteiger partial charge >= 0.3 is 0 Å². The van der Waals surface area contributed by atoms with Crippen LogP contribution >= 0.6 is 11.8 Å². The van der Waals surface area contributed by atoms with Gasteiger partial charge in [-0.3, -0.25) is 9.36 Å². The Bertz CT molecular complexity index is 1210. The number of nitrogens with one attached hydrogen (secondary N) is 1. The van der Waals surface area contributed by atoms with E-state index < -0.39 is 0 Å². The third kappa shape index (κ3) is 4.84. The van der Waals surface area contributed by atoms with E-state index in [9.17, 15) is 4.79 Å². The van der Waals surface area contributed by atoms with Crippen molar-refractivity contribution in [2.45, 2.75) is 23.9 Å². The van der Waals surface area contributed by atoms with Crippen LogP contribution in [-0.2, 0) is 4.79 Å². The molecule has 1 N–H and O–H groups in total. The van der Waals surface area contributed by atoms with Crippen LogP contribution in [0.4, 0.5) is 5.69 Å². The second kappa shape index (κ2) is 9.28. The monoisotopic (exact) mass is 442 g/mol. The average molecular weight is 443 g/mol. The van der Waals surface area contributed by atoms with Crippen LogP contribution in [-0.4, -0.2) is 26.4 Å². The molecule has 0 spiro atoms. The Morgan fingerprint density at radius 2 is 1.66 bits per heavy atom. The topological polar surface area (TPSA) is 69.0 Å². The number of ether oxygens (including phenoxy) is 1. The Hall–Kier alpha value is -3.58. The molecule has 0 unspecified atom stereocenters. The van der Waals surface area contributed by atoms with E-state index in [1.54, 1.807) is 0 Å². The number of hydrogen-bond donors (Lipinski definition) is 1. The molecule has 1 aliphatic rings. The normalized spacial score (nSPS) is 13.0. The second-order valence-electron chi connectivity index (χ2n) is 7.57. The van der Waals surface area contributed by atoms with Gasteiger partial charge in [-0.2, -0.15) is 0 Å². The minimum absolute atomic E-state index is 0.109. The number of thioether (sulfide) groups is 1. The summed E-state index contributed by atoms with van der Waals surface area (Å²) in [5.74, 6) is 2.97. The molecule has 0 aliphatic heterocycles. The van der Waals surface area contributed by atoms with E-state index in [0.29, 0.717) is 17.4 Å². The molecule has 7 heteroatoms. The van der Waals surface area contributed by atoms with Crippen molar-refractivity contribution in [1.82, 2.24) is 14.8 Å². The zero-order valence-electron chi connectivity index (χ0n) is 17.3. The Morgan fingerprint density at radius 3 is 2.41 bits per heavy atom. The van der Waals surface area contributed by atoms with Crippen LogP contribution in [0.3, 0.4) is 0 Å². The highest BCUT2D eigenvalue weighted by Crippen LogP contribution is 2.41. The zero-order valence-corrected chi connectivity index (χ0v) is 18.2. The molecular weight excluding hydrogens is 420 g/mol. The molecule has 1 heterocycles. The molecule has 0 radical (unpaired) electrons. The predicted octanol–water partition coefficient (Wildman–Crippen LogP) is 5.67. The van der Waals surface area contributed by atoms with Gasteiger partial charge in [-0.05, 0) is 49.2 Å². The van der Waals surface area contributed by atoms with Gasteiger partial charge in [-0.15, -0.1) is 10.2 Å². The van der Waals surface area contributed by atoms with Crippen molar-refractivity contribution in [3.8, 4) is 17.2 Å². The highest BCUT2D eigenvalue weighted by Gasteiger charge is 2.31. The van der Waals surface area contributed by atoms with Crippen LogP contribution in [0.1, 0.15) is 24.6 Å². The maximum atomic E-state index is 12.6. The maximum absolute atomic E-state index is 12.6. The molecule has 1 aliphatic carbocycles. The first-order valence-electron chi connectivity index (χ1n) is 10.5. The summed E-state index contributed by atoms with van der Waals surface area (Å²) in [4.78, 5) is 12.6. The highest BCUT2D eigenvalue weighted by atomic mass is 32.2. The fraction of sp³-hybridized carbons (Fsp3) is 0.160. The van der Waals surface area contributed by atoms with Crippen molar-refractivity contribution in [1.29, 1.82) is 0 Å². The van der Waals surface area contributed by atoms with Crippen molar-refractivity contribution in [3.05, 3.63) is 90.8 Å². The summed E-state index contributed by atoms with van der Waals surface area (Å²) in [7, 11) is 0. The first-order chi connectivity index (χ1) is 15.8. The minimum atomic E-state index is -0.109. The molecule has 32 heavy (non-hydrogen) atoms. The molecule has 3 aromatic carbocycles. The Kier molecular flexibility index (Phi) is 5.89. The molecule has 0 bridgehead atoms. The molecular formula is C25H22N4O2S. The second-order valence-corrected chi connectivity index (χ2v) is 8.51. The number of para-hydroxylation sites is 2. The van der Waals surface area contributed by atoms with Crippen molar-refractivity contribution in [2.75, 3.05) is 11.1 Å². The lowest BCUT2D eigenvalue weighted by molar-refractivity contribution is -0.113. The first-order valence-corrected chi connectivity index (χ1v) is 11.5. The summed E-state index contributed by atoms with van der Waals surface area (Å²) in [6.45, 7) is 0. The summed E-state index contributed by atoms with van der Waals surface area (Å²) in [6, 6.07) is 27.0. The van der Waals surface area contributed by atoms with E-state index in [1.165, 1.54) is 11.8 Å². The fourth-order valence-corrected chi connectivity index (χ4v) is 4.15. The van der Waals surface area contributed by atoms with Gasteiger partial charge in [0.2, 0.25) is 5.91 Å². The molecule has 0 atom stereocenters. The molecule has 6 nitrogen and oxygen atoms in total. The van der Waals surface area contributed by atoms with Gasteiger partial charge in [0, 0.05) is 23.4 Å². The highest BCUT2D eigenvalue weighted by molar-refractivity contribution is 7.99. The van der Waals surface area contributed by atoms with Crippen LogP contribution < -0.4 is 10.1 Å². The third-order valence-corrected chi connectivity index (χ3v) is 5.97. The van der Waals surface area contributed by atoms with E-state index in [4.69, 9.17) is 4.74 Å². The van der Waals surface area contributed by atoms with Crippen molar-refractivity contribution in [3.63, 3.8) is 0 Å². The quantitative estimate of drug-likeness (QED) is 0.356. The number of rotatable bonds is 8. The lowest BCUT2D eigenvalue weighted by Crippen LogP contribution is -2.14. The van der Waals surface area contributed by atoms with E-state index >= 15 is 0 Å². The predicted molar refractivity (Wildman–Crippen MR) is 126 cm³/mol. The number of carbonyl (C=O) groups excluding carboxylic acids is 1. The summed E-state index contributed by atoms with van der Waals surface area (Å²) < 4.78 is 7.92. The van der Waals surface area contributed by atoms with Crippen LogP contribution in [0.2, 0.25) is 0 Å². The van der Waals surface area contributed by atoms with Gasteiger partial charge in [0.15, 0.2) is 5.16 Å². The summed E-state index contributed by atoms with van der Waals surface area (Å²) in [5, 5.41) is 12.5. The Balaban J connectivity index is 1.25. The van der Waals surface area contributed by atoms with Gasteiger partial charge in [0.1, 0.15) is 17.3 Å². The van der Waals surface area contributed by atoms with E-state index in [2.05, 4.69) is 20.1 Å². The number of anilines is 1. The van der Waals surface area contributed by atoms with Crippen molar-refractivity contribution < 1.29 is 9.53 Å². The lowest BCUT2D eigenvalue weighted by atomic mass is 10.3. The van der Waals surface area contributed by atoms with E-state index in [1.807, 2.05) is 84.9 Å². The molecule has 0 saturated heterocycles. The largest absolute Gasteiger partial charge is 0.457 e. The van der Waals surface area contributed by atoms with Crippen LogP contribution in [0, 0.1) is 0 Å². The molecule has 160 valence electrons. The van der Waals surface area contributed by atoms with Gasteiger partial charge in [-0.1, -0.05) is 54.2 Å². The average Bonchev–Trinajstić information content (AvgIpc) is 3.58. The molecule has 1 fully saturated rings. The lowest BCUT2D eigenvalue weighted by Gasteiger charge is -2.10. The SMILES string of the molecule is O=C(CSc1nnc(C2CC2)n1-c1ccccc1)Nc1cccc(Oc2ccccc2)c1. The number of amides is 1. The fourth-order valence-electron chi connectivity index (χ4n) is 3.39. The van der Waals surface area contributed by atoms with Gasteiger partial charge in [0.05, 0.1) is 5.75 Å². The number of nitrogens with zero attached hydrogens (tertiary/aromatic N) is 3. The van der Waals surface area contributed by atoms with Crippen LogP contribution in [0.15, 0.2) is 90.1 Å². The smallest absolute Gasteiger partial charge is 0.234 e. The van der Waals surface area contributed by atoms with Gasteiger partial charge < -0.3 is 10.1 Å². The third-order valence-electron chi connectivity index (χ3n) is 5.04. The van der Waals surface area contributed by atoms with Gasteiger partial charge in [-0.25, -0.2) is 0 Å². The number of benzene rings is 3. The molecule has 4 aromatic rings. The van der Waals surface area contributed by atoms with Crippen molar-refractivity contribution >= 4 is 23.4 Å². The molecule has 1 aromatic heterocycles. The molecule has 1 amide bonds. The summed E-state index contributed by atoms with van der Waals surface area (Å²) >= 11 is 1.39. The first kappa shape index (κ1) is 20.3. The van der Waals surface area contributed by atoms with Crippen LogP contribution in [0.25, 0.3) is 5.69 Å². The van der Waals surface area contributed by atoms with Gasteiger partial charge in [0.25, 0.3) is 0 Å². The standard InChI is InChI=1S/C25H22N4O2S/c30-23(26-19-8-7-13-22(16-19)31-21-11-5-2-6-12-21)17-32-25-28-27-24(18-14-15-18)29(25)20-9-3-1-4-10-20/h1-13,16,18H,14-15,17H2,(H,26,30).